The molecule has 0 spiro atoms. The minimum absolute atomic E-state index is 0.327. The van der Waals surface area contributed by atoms with E-state index < -0.39 is 0 Å². The largest absolute Gasteiger partial charge is 0.463 e. The maximum Gasteiger partial charge on any atom is 0.120 e. The SMILES string of the molecule is CNCc1oc(CN(CCOC)C(C)COC)cc1C. The Morgan fingerprint density at radius 1 is 1.35 bits per heavy atom. The molecule has 0 aliphatic heterocycles. The third kappa shape index (κ3) is 5.25. The van der Waals surface area contributed by atoms with Gasteiger partial charge in [0.1, 0.15) is 11.5 Å². The summed E-state index contributed by atoms with van der Waals surface area (Å²) in [7, 11) is 5.38. The van der Waals surface area contributed by atoms with Gasteiger partial charge < -0.3 is 19.2 Å². The molecule has 0 saturated heterocycles. The van der Waals surface area contributed by atoms with E-state index in [1.807, 2.05) is 7.05 Å². The van der Waals surface area contributed by atoms with Crippen molar-refractivity contribution >= 4 is 0 Å². The van der Waals surface area contributed by atoms with Crippen molar-refractivity contribution in [3.8, 4) is 0 Å². The number of furan rings is 1. The molecule has 1 rings (SSSR count). The number of ether oxygens (including phenoxy) is 2. The first-order valence-corrected chi connectivity index (χ1v) is 7.07. The Balaban J connectivity index is 2.69. The molecule has 1 heterocycles. The van der Waals surface area contributed by atoms with Crippen LogP contribution in [0.4, 0.5) is 0 Å². The van der Waals surface area contributed by atoms with Gasteiger partial charge >= 0.3 is 0 Å². The zero-order valence-corrected chi connectivity index (χ0v) is 13.4. The number of rotatable bonds is 10. The summed E-state index contributed by atoms with van der Waals surface area (Å²) in [4.78, 5) is 2.31. The summed E-state index contributed by atoms with van der Waals surface area (Å²) < 4.78 is 16.3. The lowest BCUT2D eigenvalue weighted by Gasteiger charge is -2.27. The van der Waals surface area contributed by atoms with E-state index in [0.29, 0.717) is 19.3 Å². The fourth-order valence-electron chi connectivity index (χ4n) is 2.21. The minimum Gasteiger partial charge on any atom is -0.463 e. The number of nitrogens with zero attached hydrogens (tertiary/aromatic N) is 1. The van der Waals surface area contributed by atoms with E-state index >= 15 is 0 Å². The highest BCUT2D eigenvalue weighted by Crippen LogP contribution is 2.17. The molecule has 20 heavy (non-hydrogen) atoms. The first kappa shape index (κ1) is 17.2. The maximum absolute atomic E-state index is 5.91. The normalized spacial score (nSPS) is 13.1. The van der Waals surface area contributed by atoms with E-state index in [4.69, 9.17) is 13.9 Å². The molecule has 0 saturated carbocycles. The molecule has 1 aromatic rings. The van der Waals surface area contributed by atoms with Crippen LogP contribution in [0.2, 0.25) is 0 Å². The zero-order chi connectivity index (χ0) is 15.0. The van der Waals surface area contributed by atoms with Crippen LogP contribution in [-0.2, 0) is 22.6 Å². The maximum atomic E-state index is 5.91. The first-order valence-electron chi connectivity index (χ1n) is 7.07. The van der Waals surface area contributed by atoms with E-state index in [1.165, 1.54) is 5.56 Å². The second-order valence-corrected chi connectivity index (χ2v) is 5.12. The molecule has 1 aromatic heterocycles. The zero-order valence-electron chi connectivity index (χ0n) is 13.4. The van der Waals surface area contributed by atoms with E-state index in [9.17, 15) is 0 Å². The topological polar surface area (TPSA) is 46.9 Å². The molecular formula is C15H28N2O3. The molecule has 5 heteroatoms. The predicted octanol–water partition coefficient (Wildman–Crippen LogP) is 1.79. The summed E-state index contributed by atoms with van der Waals surface area (Å²) in [6, 6.07) is 2.44. The van der Waals surface area contributed by atoms with Crippen LogP contribution in [0.15, 0.2) is 10.5 Å². The summed E-state index contributed by atoms with van der Waals surface area (Å²) in [5.41, 5.74) is 1.19. The number of aryl methyl sites for hydroxylation is 1. The monoisotopic (exact) mass is 284 g/mol. The summed E-state index contributed by atoms with van der Waals surface area (Å²) in [6.45, 7) is 8.04. The second-order valence-electron chi connectivity index (χ2n) is 5.12. The molecule has 0 fully saturated rings. The van der Waals surface area contributed by atoms with Gasteiger partial charge in [-0.1, -0.05) is 0 Å². The molecule has 0 radical (unpaired) electrons. The Morgan fingerprint density at radius 2 is 2.10 bits per heavy atom. The van der Waals surface area contributed by atoms with Crippen LogP contribution in [0.5, 0.6) is 0 Å². The fourth-order valence-corrected chi connectivity index (χ4v) is 2.21. The van der Waals surface area contributed by atoms with Crippen molar-refractivity contribution in [1.29, 1.82) is 0 Å². The van der Waals surface area contributed by atoms with Crippen LogP contribution in [-0.4, -0.2) is 52.0 Å². The molecule has 5 nitrogen and oxygen atoms in total. The van der Waals surface area contributed by atoms with E-state index in [2.05, 4.69) is 30.1 Å². The van der Waals surface area contributed by atoms with Gasteiger partial charge in [-0.15, -0.1) is 0 Å². The Morgan fingerprint density at radius 3 is 2.70 bits per heavy atom. The highest BCUT2D eigenvalue weighted by molar-refractivity contribution is 5.20. The van der Waals surface area contributed by atoms with Crippen LogP contribution in [0.3, 0.4) is 0 Å². The van der Waals surface area contributed by atoms with Gasteiger partial charge in [0, 0.05) is 26.8 Å². The predicted molar refractivity (Wildman–Crippen MR) is 79.8 cm³/mol. The molecular weight excluding hydrogens is 256 g/mol. The smallest absolute Gasteiger partial charge is 0.120 e. The van der Waals surface area contributed by atoms with Gasteiger partial charge in [-0.05, 0) is 32.5 Å². The second kappa shape index (κ2) is 9.13. The third-order valence-corrected chi connectivity index (χ3v) is 3.38. The molecule has 0 amide bonds. The van der Waals surface area contributed by atoms with Crippen molar-refractivity contribution in [2.75, 3.05) is 41.0 Å². The Bertz CT molecular complexity index is 379. The molecule has 0 aromatic carbocycles. The first-order chi connectivity index (χ1) is 9.62. The molecule has 116 valence electrons. The molecule has 0 aliphatic carbocycles. The van der Waals surface area contributed by atoms with Gasteiger partial charge in [0.2, 0.25) is 0 Å². The van der Waals surface area contributed by atoms with Crippen molar-refractivity contribution in [2.45, 2.75) is 33.0 Å². The summed E-state index contributed by atoms with van der Waals surface area (Å²) in [6.07, 6.45) is 0. The van der Waals surface area contributed by atoms with Gasteiger partial charge in [-0.25, -0.2) is 0 Å². The lowest BCUT2D eigenvalue weighted by molar-refractivity contribution is 0.0661. The quantitative estimate of drug-likeness (QED) is 0.710. The molecule has 0 bridgehead atoms. The van der Waals surface area contributed by atoms with Crippen molar-refractivity contribution < 1.29 is 13.9 Å². The Labute approximate surface area is 122 Å². The highest BCUT2D eigenvalue weighted by Gasteiger charge is 2.17. The average Bonchev–Trinajstić information content (AvgIpc) is 2.75. The van der Waals surface area contributed by atoms with Crippen LogP contribution in [0, 0.1) is 6.92 Å². The van der Waals surface area contributed by atoms with E-state index in [1.54, 1.807) is 14.2 Å². The van der Waals surface area contributed by atoms with Gasteiger partial charge in [-0.2, -0.15) is 0 Å². The molecule has 1 atom stereocenters. The Hall–Kier alpha value is -0.880. The van der Waals surface area contributed by atoms with Gasteiger partial charge in [0.15, 0.2) is 0 Å². The summed E-state index contributed by atoms with van der Waals surface area (Å²) >= 11 is 0. The lowest BCUT2D eigenvalue weighted by atomic mass is 10.2. The van der Waals surface area contributed by atoms with Crippen LogP contribution in [0.1, 0.15) is 24.0 Å². The number of hydrogen-bond donors (Lipinski definition) is 1. The Kier molecular flexibility index (Phi) is 7.84. The van der Waals surface area contributed by atoms with Crippen LogP contribution >= 0.6 is 0 Å². The van der Waals surface area contributed by atoms with Crippen molar-refractivity contribution in [1.82, 2.24) is 10.2 Å². The molecule has 1 unspecified atom stereocenters. The van der Waals surface area contributed by atoms with E-state index in [0.717, 1.165) is 31.2 Å². The molecule has 1 N–H and O–H groups in total. The van der Waals surface area contributed by atoms with Crippen molar-refractivity contribution in [3.63, 3.8) is 0 Å². The number of methoxy groups -OCH3 is 2. The number of hydrogen-bond acceptors (Lipinski definition) is 5. The highest BCUT2D eigenvalue weighted by atomic mass is 16.5. The van der Waals surface area contributed by atoms with Gasteiger partial charge in [0.25, 0.3) is 0 Å². The average molecular weight is 284 g/mol. The summed E-state index contributed by atoms with van der Waals surface area (Å²) in [5.74, 6) is 2.00. The number of nitrogens with one attached hydrogen (secondary N) is 1. The van der Waals surface area contributed by atoms with Gasteiger partial charge in [-0.3, -0.25) is 4.90 Å². The molecule has 0 aliphatic rings. The summed E-state index contributed by atoms with van der Waals surface area (Å²) in [5, 5.41) is 3.12. The van der Waals surface area contributed by atoms with Crippen LogP contribution < -0.4 is 5.32 Å². The van der Waals surface area contributed by atoms with Crippen LogP contribution in [0.25, 0.3) is 0 Å². The third-order valence-electron chi connectivity index (χ3n) is 3.38. The standard InChI is InChI=1S/C15H28N2O3/c1-12-8-14(20-15(12)9-16-3)10-17(6-7-18-4)13(2)11-19-5/h8,13,16H,6-7,9-11H2,1-5H3. The van der Waals surface area contributed by atoms with Gasteiger partial charge in [0.05, 0.1) is 26.3 Å². The lowest BCUT2D eigenvalue weighted by Crippen LogP contribution is -2.37. The fraction of sp³-hybridized carbons (Fsp3) is 0.733. The van der Waals surface area contributed by atoms with Crippen molar-refractivity contribution in [3.05, 3.63) is 23.2 Å². The van der Waals surface area contributed by atoms with E-state index in [-0.39, 0.29) is 0 Å². The minimum atomic E-state index is 0.327. The van der Waals surface area contributed by atoms with Crippen molar-refractivity contribution in [2.24, 2.45) is 0 Å².